The number of nitrogens with zero attached hydrogens (tertiary/aromatic N) is 4. The van der Waals surface area contributed by atoms with Crippen molar-refractivity contribution in [3.8, 4) is 11.5 Å². The van der Waals surface area contributed by atoms with Gasteiger partial charge in [0.05, 0.1) is 4.92 Å². The van der Waals surface area contributed by atoms with Gasteiger partial charge in [-0.15, -0.1) is 0 Å². The summed E-state index contributed by atoms with van der Waals surface area (Å²) in [4.78, 5) is 20.7. The third kappa shape index (κ3) is 4.26. The molecule has 1 fully saturated rings. The van der Waals surface area contributed by atoms with Gasteiger partial charge in [-0.2, -0.15) is 4.98 Å². The van der Waals surface area contributed by atoms with Crippen LogP contribution in [-0.2, 0) is 0 Å². The fourth-order valence-corrected chi connectivity index (χ4v) is 3.70. The minimum absolute atomic E-state index is 0.0211. The van der Waals surface area contributed by atoms with Crippen molar-refractivity contribution >= 4 is 23.1 Å². The van der Waals surface area contributed by atoms with Crippen LogP contribution in [0.15, 0.2) is 30.5 Å². The summed E-state index contributed by atoms with van der Waals surface area (Å²) >= 11 is 5.81. The van der Waals surface area contributed by atoms with Crippen molar-refractivity contribution in [2.24, 2.45) is 0 Å². The molecule has 2 aliphatic heterocycles. The molecule has 9 nitrogen and oxygen atoms in total. The summed E-state index contributed by atoms with van der Waals surface area (Å²) < 4.78 is 11.8. The Morgan fingerprint density at radius 2 is 2.18 bits per heavy atom. The number of ether oxygens (including phenoxy) is 2. The summed E-state index contributed by atoms with van der Waals surface area (Å²) in [6.07, 6.45) is 2.92. The van der Waals surface area contributed by atoms with Gasteiger partial charge >= 0.3 is 5.69 Å². The molecule has 3 heterocycles. The lowest BCUT2D eigenvalue weighted by Gasteiger charge is -2.36. The number of para-hydroxylation sites is 2. The van der Waals surface area contributed by atoms with Crippen LogP contribution in [-0.4, -0.2) is 58.2 Å². The molecule has 0 amide bonds. The van der Waals surface area contributed by atoms with Crippen molar-refractivity contribution in [3.63, 3.8) is 0 Å². The van der Waals surface area contributed by atoms with E-state index in [2.05, 4.69) is 20.2 Å². The molecule has 1 aromatic heterocycles. The lowest BCUT2D eigenvalue weighted by atomic mass is 10.1. The number of halogens is 1. The maximum atomic E-state index is 11.2. The third-order valence-electron chi connectivity index (χ3n) is 4.81. The van der Waals surface area contributed by atoms with Crippen LogP contribution in [0.4, 0.5) is 11.5 Å². The zero-order valence-corrected chi connectivity index (χ0v) is 15.8. The summed E-state index contributed by atoms with van der Waals surface area (Å²) in [7, 11) is 0. The highest BCUT2D eigenvalue weighted by molar-refractivity contribution is 6.28. The minimum atomic E-state index is -0.510. The monoisotopic (exact) mass is 405 g/mol. The molecule has 1 saturated heterocycles. The van der Waals surface area contributed by atoms with Crippen LogP contribution < -0.4 is 14.8 Å². The fourth-order valence-electron chi connectivity index (χ4n) is 3.57. The van der Waals surface area contributed by atoms with Gasteiger partial charge in [0.2, 0.25) is 11.1 Å². The molecule has 28 heavy (non-hydrogen) atoms. The van der Waals surface area contributed by atoms with E-state index in [-0.39, 0.29) is 28.9 Å². The van der Waals surface area contributed by atoms with Crippen LogP contribution in [0.5, 0.6) is 11.5 Å². The Labute approximate surface area is 166 Å². The average molecular weight is 406 g/mol. The average Bonchev–Trinajstić information content (AvgIpc) is 2.68. The van der Waals surface area contributed by atoms with Gasteiger partial charge in [0.15, 0.2) is 11.5 Å². The van der Waals surface area contributed by atoms with E-state index in [1.807, 2.05) is 24.3 Å². The van der Waals surface area contributed by atoms with Gasteiger partial charge in [0.1, 0.15) is 18.9 Å². The standard InChI is InChI=1S/C18H20ClN5O4/c19-18-20-8-14(24(25)26)17(22-18)21-12-4-3-7-23(9-12)10-13-11-27-15-5-1-2-6-16(15)28-13/h1-2,5-6,8,12-13H,3-4,7,9-11H2,(H,20,21,22)/t12-,13-/m0/s1. The zero-order chi connectivity index (χ0) is 19.5. The second-order valence-electron chi connectivity index (χ2n) is 6.87. The first-order valence-corrected chi connectivity index (χ1v) is 9.50. The number of aromatic nitrogens is 2. The molecule has 4 rings (SSSR count). The quantitative estimate of drug-likeness (QED) is 0.460. The summed E-state index contributed by atoms with van der Waals surface area (Å²) in [5.41, 5.74) is -0.179. The van der Waals surface area contributed by atoms with Crippen molar-refractivity contribution in [2.45, 2.75) is 25.0 Å². The Hall–Kier alpha value is -2.65. The number of nitro groups is 1. The van der Waals surface area contributed by atoms with Crippen LogP contribution >= 0.6 is 11.6 Å². The van der Waals surface area contributed by atoms with Gasteiger partial charge in [0.25, 0.3) is 0 Å². The van der Waals surface area contributed by atoms with E-state index in [9.17, 15) is 10.1 Å². The summed E-state index contributed by atoms with van der Waals surface area (Å²) in [5.74, 6) is 1.68. The molecular formula is C18H20ClN5O4. The molecule has 10 heteroatoms. The Bertz CT molecular complexity index is 868. The number of hydrogen-bond donors (Lipinski definition) is 1. The smallest absolute Gasteiger partial charge is 0.329 e. The number of fused-ring (bicyclic) bond motifs is 1. The zero-order valence-electron chi connectivity index (χ0n) is 15.1. The van der Waals surface area contributed by atoms with Gasteiger partial charge in [-0.25, -0.2) is 4.98 Å². The largest absolute Gasteiger partial charge is 0.486 e. The lowest BCUT2D eigenvalue weighted by Crippen LogP contribution is -2.48. The molecule has 0 bridgehead atoms. The number of nitrogens with one attached hydrogen (secondary N) is 1. The predicted molar refractivity (Wildman–Crippen MR) is 103 cm³/mol. The van der Waals surface area contributed by atoms with E-state index in [1.165, 1.54) is 0 Å². The molecule has 0 unspecified atom stereocenters. The van der Waals surface area contributed by atoms with Gasteiger partial charge < -0.3 is 14.8 Å². The van der Waals surface area contributed by atoms with E-state index < -0.39 is 4.92 Å². The number of likely N-dealkylation sites (tertiary alicyclic amines) is 1. The summed E-state index contributed by atoms with van der Waals surface area (Å²) in [6, 6.07) is 7.66. The lowest BCUT2D eigenvalue weighted by molar-refractivity contribution is -0.384. The third-order valence-corrected chi connectivity index (χ3v) is 4.99. The van der Waals surface area contributed by atoms with Crippen LogP contribution in [0, 0.1) is 10.1 Å². The number of anilines is 1. The van der Waals surface area contributed by atoms with Gasteiger partial charge in [-0.3, -0.25) is 15.0 Å². The first-order valence-electron chi connectivity index (χ1n) is 9.13. The maximum Gasteiger partial charge on any atom is 0.329 e. The Morgan fingerprint density at radius 1 is 1.36 bits per heavy atom. The molecule has 2 aliphatic rings. The Morgan fingerprint density at radius 3 is 3.00 bits per heavy atom. The van der Waals surface area contributed by atoms with Crippen LogP contribution in [0.1, 0.15) is 12.8 Å². The van der Waals surface area contributed by atoms with E-state index in [4.69, 9.17) is 21.1 Å². The highest BCUT2D eigenvalue weighted by atomic mass is 35.5. The van der Waals surface area contributed by atoms with Gasteiger partial charge in [-0.1, -0.05) is 12.1 Å². The molecule has 2 atom stereocenters. The molecule has 148 valence electrons. The van der Waals surface area contributed by atoms with Crippen molar-refractivity contribution in [2.75, 3.05) is 31.6 Å². The first-order chi connectivity index (χ1) is 13.6. The molecule has 0 saturated carbocycles. The maximum absolute atomic E-state index is 11.2. The van der Waals surface area contributed by atoms with E-state index in [0.717, 1.165) is 50.2 Å². The first kappa shape index (κ1) is 18.7. The van der Waals surface area contributed by atoms with Crippen LogP contribution in [0.25, 0.3) is 0 Å². The molecule has 1 aromatic carbocycles. The second kappa shape index (κ2) is 8.15. The topological polar surface area (TPSA) is 103 Å². The number of rotatable bonds is 5. The Balaban J connectivity index is 1.38. The molecule has 1 N–H and O–H groups in total. The van der Waals surface area contributed by atoms with Crippen molar-refractivity contribution in [1.29, 1.82) is 0 Å². The van der Waals surface area contributed by atoms with Gasteiger partial charge in [-0.05, 0) is 43.1 Å². The number of hydrogen-bond acceptors (Lipinski definition) is 8. The summed E-state index contributed by atoms with van der Waals surface area (Å²) in [6.45, 7) is 2.88. The molecule has 2 aromatic rings. The number of piperidine rings is 1. The highest BCUT2D eigenvalue weighted by Crippen LogP contribution is 2.31. The van der Waals surface area contributed by atoms with Crippen molar-refractivity contribution < 1.29 is 14.4 Å². The SMILES string of the molecule is O=[N+]([O-])c1cnc(Cl)nc1N[C@H]1CCCN(C[C@H]2COc3ccccc3O2)C1. The van der Waals surface area contributed by atoms with Crippen LogP contribution in [0.2, 0.25) is 5.28 Å². The minimum Gasteiger partial charge on any atom is -0.486 e. The predicted octanol–water partition coefficient (Wildman–Crippen LogP) is 2.75. The van der Waals surface area contributed by atoms with E-state index >= 15 is 0 Å². The van der Waals surface area contributed by atoms with Gasteiger partial charge in [0, 0.05) is 19.1 Å². The fraction of sp³-hybridized carbons (Fsp3) is 0.444. The summed E-state index contributed by atoms with van der Waals surface area (Å²) in [5, 5.41) is 14.3. The van der Waals surface area contributed by atoms with Crippen molar-refractivity contribution in [1.82, 2.24) is 14.9 Å². The molecule has 0 spiro atoms. The molecular weight excluding hydrogens is 386 g/mol. The molecule has 0 radical (unpaired) electrons. The van der Waals surface area contributed by atoms with Crippen LogP contribution in [0.3, 0.4) is 0 Å². The second-order valence-corrected chi connectivity index (χ2v) is 7.21. The normalized spacial score (nSPS) is 21.9. The highest BCUT2D eigenvalue weighted by Gasteiger charge is 2.28. The molecule has 0 aliphatic carbocycles. The Kier molecular flexibility index (Phi) is 5.45. The van der Waals surface area contributed by atoms with Crippen molar-refractivity contribution in [3.05, 3.63) is 45.9 Å². The number of benzene rings is 1. The van der Waals surface area contributed by atoms with E-state index in [0.29, 0.717) is 6.61 Å². The van der Waals surface area contributed by atoms with E-state index in [1.54, 1.807) is 0 Å².